The van der Waals surface area contributed by atoms with Gasteiger partial charge in [0.2, 0.25) is 11.8 Å². The molecule has 4 atom stereocenters. The maximum atomic E-state index is 14.1. The maximum Gasteiger partial charge on any atom is 0.332 e. The summed E-state index contributed by atoms with van der Waals surface area (Å²) in [5, 5.41) is 0. The van der Waals surface area contributed by atoms with Crippen LogP contribution in [0.25, 0.3) is 0 Å². The summed E-state index contributed by atoms with van der Waals surface area (Å²) in [5.74, 6) is -3.10. The van der Waals surface area contributed by atoms with E-state index in [1.165, 1.54) is 9.80 Å². The number of hydrogen-bond donors (Lipinski definition) is 0. The smallest absolute Gasteiger partial charge is 0.301 e. The van der Waals surface area contributed by atoms with E-state index in [0.717, 1.165) is 26.1 Å². The number of carbonyl (C=O) groups excluding carboxylic acids is 4. The maximum absolute atomic E-state index is 14.1. The molecule has 7 nitrogen and oxygen atoms in total. The number of likely N-dealkylation sites (tertiary alicyclic amines) is 1. The van der Waals surface area contributed by atoms with Crippen LogP contribution in [0.1, 0.15) is 29.7 Å². The summed E-state index contributed by atoms with van der Waals surface area (Å²) < 4.78 is 0.720. The third kappa shape index (κ3) is 3.31. The highest BCUT2D eigenvalue weighted by molar-refractivity contribution is 9.10. The molecule has 0 bridgehead atoms. The Balaban J connectivity index is 1.50. The molecule has 5 amide bonds. The molecule has 6 rings (SSSR count). The summed E-state index contributed by atoms with van der Waals surface area (Å²) in [5.41, 5.74) is 1.43. The first kappa shape index (κ1) is 23.6. The summed E-state index contributed by atoms with van der Waals surface area (Å²) in [4.78, 5) is 59.8. The Morgan fingerprint density at radius 1 is 0.865 bits per heavy atom. The lowest BCUT2D eigenvalue weighted by Gasteiger charge is -2.32. The predicted octanol–water partition coefficient (Wildman–Crippen LogP) is 4.84. The zero-order chi connectivity index (χ0) is 26.1. The lowest BCUT2D eigenvalue weighted by atomic mass is 9.79. The molecule has 37 heavy (non-hydrogen) atoms. The topological polar surface area (TPSA) is 78.0 Å². The van der Waals surface area contributed by atoms with Gasteiger partial charge in [0.05, 0.1) is 30.1 Å². The van der Waals surface area contributed by atoms with E-state index in [1.807, 2.05) is 67.6 Å². The number of halogens is 1. The van der Waals surface area contributed by atoms with Crippen molar-refractivity contribution in [3.05, 3.63) is 100 Å². The highest BCUT2D eigenvalue weighted by Crippen LogP contribution is 2.58. The minimum Gasteiger partial charge on any atom is -0.301 e. The number of benzene rings is 3. The van der Waals surface area contributed by atoms with Crippen LogP contribution in [0.3, 0.4) is 0 Å². The van der Waals surface area contributed by atoms with Crippen molar-refractivity contribution < 1.29 is 19.2 Å². The van der Waals surface area contributed by atoms with E-state index in [2.05, 4.69) is 15.9 Å². The molecule has 3 fully saturated rings. The Morgan fingerprint density at radius 3 is 2.30 bits per heavy atom. The number of hydrogen-bond acceptors (Lipinski definition) is 4. The molecule has 3 aromatic rings. The molecular formula is C29H24BrN3O4. The third-order valence-electron chi connectivity index (χ3n) is 7.83. The minimum absolute atomic E-state index is 0.125. The number of urea groups is 1. The molecule has 3 aliphatic heterocycles. The van der Waals surface area contributed by atoms with Crippen molar-refractivity contribution in [2.75, 3.05) is 4.90 Å². The summed E-state index contributed by atoms with van der Waals surface area (Å²) in [7, 11) is 0. The highest BCUT2D eigenvalue weighted by atomic mass is 79.9. The number of imide groups is 2. The Morgan fingerprint density at radius 2 is 1.59 bits per heavy atom. The largest absolute Gasteiger partial charge is 0.332 e. The van der Waals surface area contributed by atoms with Gasteiger partial charge in [0.1, 0.15) is 5.54 Å². The van der Waals surface area contributed by atoms with Crippen molar-refractivity contribution in [2.45, 2.75) is 32.0 Å². The monoisotopic (exact) mass is 557 g/mol. The number of carbonyl (C=O) groups is 4. The fourth-order valence-electron chi connectivity index (χ4n) is 6.21. The summed E-state index contributed by atoms with van der Waals surface area (Å²) in [6.07, 6.45) is 0. The molecular weight excluding hydrogens is 534 g/mol. The Hall–Kier alpha value is -3.78. The van der Waals surface area contributed by atoms with Crippen LogP contribution in [0.2, 0.25) is 0 Å². The van der Waals surface area contributed by atoms with Crippen molar-refractivity contribution in [3.63, 3.8) is 0 Å². The molecule has 0 aliphatic carbocycles. The zero-order valence-corrected chi connectivity index (χ0v) is 21.9. The van der Waals surface area contributed by atoms with E-state index >= 15 is 0 Å². The van der Waals surface area contributed by atoms with Gasteiger partial charge >= 0.3 is 6.03 Å². The number of nitrogens with zero attached hydrogens (tertiary/aromatic N) is 3. The molecule has 3 saturated heterocycles. The standard InChI is InChI=1S/C29H24BrN3O4/c1-17-8-6-11-19(14-17)24-22-23(26(35)31(25(22)34)16-18-9-4-3-5-10-18)29(2)27(36)32(28(37)33(24)29)21-13-7-12-20(30)15-21/h3-15,22-24H,16H2,1-2H3/t22-,23-,24-,29-/m1/s1. The van der Waals surface area contributed by atoms with Gasteiger partial charge in [0, 0.05) is 4.47 Å². The zero-order valence-electron chi connectivity index (χ0n) is 20.3. The average Bonchev–Trinajstić information content (AvgIpc) is 3.37. The van der Waals surface area contributed by atoms with Gasteiger partial charge < -0.3 is 4.90 Å². The average molecular weight is 558 g/mol. The van der Waals surface area contributed by atoms with Crippen molar-refractivity contribution in [1.29, 1.82) is 0 Å². The first-order valence-electron chi connectivity index (χ1n) is 12.1. The molecule has 0 saturated carbocycles. The summed E-state index contributed by atoms with van der Waals surface area (Å²) in [6, 6.07) is 22.6. The van der Waals surface area contributed by atoms with Crippen molar-refractivity contribution in [3.8, 4) is 0 Å². The van der Waals surface area contributed by atoms with E-state index in [9.17, 15) is 19.2 Å². The van der Waals surface area contributed by atoms with Gasteiger partial charge in [-0.25, -0.2) is 9.69 Å². The molecule has 0 unspecified atom stereocenters. The van der Waals surface area contributed by atoms with Crippen molar-refractivity contribution in [2.24, 2.45) is 11.8 Å². The highest BCUT2D eigenvalue weighted by Gasteiger charge is 2.75. The van der Waals surface area contributed by atoms with Gasteiger partial charge in [0.15, 0.2) is 0 Å². The lowest BCUT2D eigenvalue weighted by molar-refractivity contribution is -0.144. The number of aryl methyl sites for hydroxylation is 1. The second kappa shape index (κ2) is 8.38. The first-order chi connectivity index (χ1) is 17.7. The SMILES string of the molecule is Cc1cccc([C@@H]2[C@@H]3C(=O)N(Cc4ccccc4)C(=O)[C@@H]3[C@]3(C)C(=O)N(c4cccc(Br)c4)C(=O)N23)c1. The first-order valence-corrected chi connectivity index (χ1v) is 12.9. The number of amides is 5. The summed E-state index contributed by atoms with van der Waals surface area (Å²) in [6.45, 7) is 3.69. The van der Waals surface area contributed by atoms with Gasteiger partial charge in [0.25, 0.3) is 5.91 Å². The van der Waals surface area contributed by atoms with Crippen LogP contribution in [-0.2, 0) is 20.9 Å². The van der Waals surface area contributed by atoms with Gasteiger partial charge in [-0.2, -0.15) is 0 Å². The Labute approximate surface area is 222 Å². The second-order valence-corrected chi connectivity index (χ2v) is 10.9. The van der Waals surface area contributed by atoms with Crippen LogP contribution >= 0.6 is 15.9 Å². The van der Waals surface area contributed by atoms with Crippen LogP contribution in [0.15, 0.2) is 83.3 Å². The predicted molar refractivity (Wildman–Crippen MR) is 140 cm³/mol. The van der Waals surface area contributed by atoms with E-state index < -0.39 is 41.3 Å². The van der Waals surface area contributed by atoms with Crippen LogP contribution < -0.4 is 4.90 Å². The van der Waals surface area contributed by atoms with E-state index in [4.69, 9.17) is 0 Å². The van der Waals surface area contributed by atoms with Crippen molar-refractivity contribution >= 4 is 45.4 Å². The second-order valence-electron chi connectivity index (χ2n) is 10.0. The van der Waals surface area contributed by atoms with E-state index in [1.54, 1.807) is 25.1 Å². The Bertz CT molecular complexity index is 1470. The van der Waals surface area contributed by atoms with Crippen LogP contribution in [0.5, 0.6) is 0 Å². The van der Waals surface area contributed by atoms with Gasteiger partial charge in [-0.05, 0) is 43.2 Å². The fraction of sp³-hybridized carbons (Fsp3) is 0.241. The molecule has 8 heteroatoms. The molecule has 3 aliphatic rings. The fourth-order valence-corrected chi connectivity index (χ4v) is 6.60. The number of rotatable bonds is 4. The molecule has 3 heterocycles. The van der Waals surface area contributed by atoms with Gasteiger partial charge in [-0.1, -0.05) is 82.2 Å². The number of fused-ring (bicyclic) bond motifs is 3. The Kier molecular flexibility index (Phi) is 5.35. The molecule has 186 valence electrons. The molecule has 0 N–H and O–H groups in total. The summed E-state index contributed by atoms with van der Waals surface area (Å²) >= 11 is 3.41. The third-order valence-corrected chi connectivity index (χ3v) is 8.33. The molecule has 0 radical (unpaired) electrons. The molecule has 0 aromatic heterocycles. The lowest BCUT2D eigenvalue weighted by Crippen LogP contribution is -2.51. The molecule has 0 spiro atoms. The van der Waals surface area contributed by atoms with Crippen LogP contribution in [0.4, 0.5) is 10.5 Å². The number of anilines is 1. The van der Waals surface area contributed by atoms with Gasteiger partial charge in [-0.3, -0.25) is 19.3 Å². The van der Waals surface area contributed by atoms with E-state index in [0.29, 0.717) is 5.69 Å². The quantitative estimate of drug-likeness (QED) is 0.339. The van der Waals surface area contributed by atoms with Crippen molar-refractivity contribution in [1.82, 2.24) is 9.80 Å². The molecule has 3 aromatic carbocycles. The van der Waals surface area contributed by atoms with E-state index in [-0.39, 0.29) is 12.5 Å². The van der Waals surface area contributed by atoms with Crippen LogP contribution in [0, 0.1) is 18.8 Å². The van der Waals surface area contributed by atoms with Gasteiger partial charge in [-0.15, -0.1) is 0 Å². The minimum atomic E-state index is -1.50. The normalized spacial score (nSPS) is 26.8. The van der Waals surface area contributed by atoms with Crippen LogP contribution in [-0.4, -0.2) is 39.1 Å².